The van der Waals surface area contributed by atoms with Gasteiger partial charge in [-0.15, -0.1) is 0 Å². The van der Waals surface area contributed by atoms with Gasteiger partial charge in [-0.1, -0.05) is 17.7 Å². The maximum Gasteiger partial charge on any atom is 0.243 e. The van der Waals surface area contributed by atoms with Gasteiger partial charge in [0.2, 0.25) is 5.91 Å². The third kappa shape index (κ3) is 4.48. The van der Waals surface area contributed by atoms with Gasteiger partial charge in [0.25, 0.3) is 0 Å². The first-order chi connectivity index (χ1) is 10.1. The van der Waals surface area contributed by atoms with Crippen LogP contribution in [0.5, 0.6) is 0 Å². The first-order valence-corrected chi connectivity index (χ1v) is 7.24. The third-order valence-corrected chi connectivity index (χ3v) is 3.54. The van der Waals surface area contributed by atoms with E-state index < -0.39 is 0 Å². The van der Waals surface area contributed by atoms with Crippen LogP contribution < -0.4 is 10.6 Å². The minimum Gasteiger partial charge on any atom is -0.375 e. The largest absolute Gasteiger partial charge is 0.375 e. The Morgan fingerprint density at radius 2 is 2.10 bits per heavy atom. The molecule has 106 valence electrons. The number of benzene rings is 2. The molecule has 2 rings (SSSR count). The highest BCUT2D eigenvalue weighted by Crippen LogP contribution is 2.23. The first kappa shape index (κ1) is 15.4. The molecule has 0 spiro atoms. The molecule has 4 nitrogen and oxygen atoms in total. The number of anilines is 2. The summed E-state index contributed by atoms with van der Waals surface area (Å²) < 4.78 is 0.733. The van der Waals surface area contributed by atoms with Crippen LogP contribution in [0.1, 0.15) is 5.56 Å². The summed E-state index contributed by atoms with van der Waals surface area (Å²) in [6, 6.07) is 14.1. The van der Waals surface area contributed by atoms with Crippen LogP contribution >= 0.6 is 27.5 Å². The van der Waals surface area contributed by atoms with Gasteiger partial charge in [0.15, 0.2) is 0 Å². The Balaban J connectivity index is 1.94. The molecule has 21 heavy (non-hydrogen) atoms. The van der Waals surface area contributed by atoms with Crippen molar-refractivity contribution in [3.63, 3.8) is 0 Å². The van der Waals surface area contributed by atoms with Crippen molar-refractivity contribution < 1.29 is 4.79 Å². The van der Waals surface area contributed by atoms with E-state index in [0.29, 0.717) is 16.3 Å². The Bertz CT molecular complexity index is 712. The Kier molecular flexibility index (Phi) is 5.20. The molecule has 0 saturated heterocycles. The SMILES string of the molecule is N#Cc1ccc(NCC(=O)Nc2cccc(Cl)c2)c(Br)c1. The van der Waals surface area contributed by atoms with E-state index in [2.05, 4.69) is 26.6 Å². The van der Waals surface area contributed by atoms with E-state index in [4.69, 9.17) is 16.9 Å². The van der Waals surface area contributed by atoms with E-state index in [-0.39, 0.29) is 12.5 Å². The first-order valence-electron chi connectivity index (χ1n) is 6.07. The number of carbonyl (C=O) groups is 1. The maximum absolute atomic E-state index is 11.8. The summed E-state index contributed by atoms with van der Waals surface area (Å²) >= 11 is 9.20. The van der Waals surface area contributed by atoms with Crippen molar-refractivity contribution in [1.29, 1.82) is 5.26 Å². The molecule has 0 heterocycles. The van der Waals surface area contributed by atoms with Crippen molar-refractivity contribution in [2.24, 2.45) is 0 Å². The standard InChI is InChI=1S/C15H11BrClN3O/c16-13-6-10(8-18)4-5-14(13)19-9-15(21)20-12-3-1-2-11(17)7-12/h1-7,19H,9H2,(H,20,21). The summed E-state index contributed by atoms with van der Waals surface area (Å²) in [7, 11) is 0. The molecule has 0 aromatic heterocycles. The molecule has 0 bridgehead atoms. The minimum atomic E-state index is -0.187. The molecule has 0 aliphatic rings. The second-order valence-electron chi connectivity index (χ2n) is 4.22. The van der Waals surface area contributed by atoms with E-state index in [1.165, 1.54) is 0 Å². The summed E-state index contributed by atoms with van der Waals surface area (Å²) in [5, 5.41) is 15.1. The van der Waals surface area contributed by atoms with Crippen molar-refractivity contribution in [1.82, 2.24) is 0 Å². The molecule has 0 unspecified atom stereocenters. The van der Waals surface area contributed by atoms with Gasteiger partial charge in [0.05, 0.1) is 18.2 Å². The zero-order valence-corrected chi connectivity index (χ0v) is 13.2. The van der Waals surface area contributed by atoms with Gasteiger partial charge >= 0.3 is 0 Å². The normalized spacial score (nSPS) is 9.76. The topological polar surface area (TPSA) is 64.9 Å². The second-order valence-corrected chi connectivity index (χ2v) is 5.51. The van der Waals surface area contributed by atoms with E-state index in [0.717, 1.165) is 10.2 Å². The molecule has 0 atom stereocenters. The van der Waals surface area contributed by atoms with Crippen LogP contribution in [0, 0.1) is 11.3 Å². The number of nitrogens with zero attached hydrogens (tertiary/aromatic N) is 1. The van der Waals surface area contributed by atoms with Crippen LogP contribution in [0.2, 0.25) is 5.02 Å². The van der Waals surface area contributed by atoms with Gasteiger partial charge in [0, 0.05) is 20.9 Å². The lowest BCUT2D eigenvalue weighted by Crippen LogP contribution is -2.21. The maximum atomic E-state index is 11.8. The second kappa shape index (κ2) is 7.11. The van der Waals surface area contributed by atoms with E-state index in [1.54, 1.807) is 42.5 Å². The van der Waals surface area contributed by atoms with Gasteiger partial charge < -0.3 is 10.6 Å². The lowest BCUT2D eigenvalue weighted by molar-refractivity contribution is -0.114. The summed E-state index contributed by atoms with van der Waals surface area (Å²) in [6.45, 7) is 0.108. The zero-order valence-electron chi connectivity index (χ0n) is 10.9. The molecule has 0 saturated carbocycles. The van der Waals surface area contributed by atoms with E-state index in [1.807, 2.05) is 6.07 Å². The minimum absolute atomic E-state index is 0.108. The average molecular weight is 365 g/mol. The Morgan fingerprint density at radius 3 is 2.76 bits per heavy atom. The van der Waals surface area contributed by atoms with E-state index in [9.17, 15) is 4.79 Å². The van der Waals surface area contributed by atoms with Gasteiger partial charge in [0.1, 0.15) is 0 Å². The van der Waals surface area contributed by atoms with Crippen molar-refractivity contribution in [3.8, 4) is 6.07 Å². The van der Waals surface area contributed by atoms with Gasteiger partial charge in [-0.3, -0.25) is 4.79 Å². The fourth-order valence-electron chi connectivity index (χ4n) is 1.67. The summed E-state index contributed by atoms with van der Waals surface area (Å²) in [4.78, 5) is 11.8. The van der Waals surface area contributed by atoms with Gasteiger partial charge in [-0.05, 0) is 52.3 Å². The number of nitriles is 1. The highest BCUT2D eigenvalue weighted by atomic mass is 79.9. The molecule has 6 heteroatoms. The highest BCUT2D eigenvalue weighted by Gasteiger charge is 2.05. The summed E-state index contributed by atoms with van der Waals surface area (Å²) in [5.41, 5.74) is 1.94. The molecule has 2 aromatic carbocycles. The summed E-state index contributed by atoms with van der Waals surface area (Å²) in [6.07, 6.45) is 0. The van der Waals surface area contributed by atoms with Crippen molar-refractivity contribution in [3.05, 3.63) is 57.5 Å². The summed E-state index contributed by atoms with van der Waals surface area (Å²) in [5.74, 6) is -0.187. The van der Waals surface area contributed by atoms with Gasteiger partial charge in [-0.25, -0.2) is 0 Å². The fraction of sp³-hybridized carbons (Fsp3) is 0.0667. The Hall–Kier alpha value is -2.03. The number of hydrogen-bond donors (Lipinski definition) is 2. The monoisotopic (exact) mass is 363 g/mol. The smallest absolute Gasteiger partial charge is 0.243 e. The van der Waals surface area contributed by atoms with Crippen molar-refractivity contribution in [2.75, 3.05) is 17.2 Å². The Labute approximate surface area is 135 Å². The number of nitrogens with one attached hydrogen (secondary N) is 2. The predicted octanol–water partition coefficient (Wildman–Crippen LogP) is 4.02. The van der Waals surface area contributed by atoms with Crippen LogP contribution in [0.3, 0.4) is 0 Å². The van der Waals surface area contributed by atoms with Crippen LogP contribution in [0.15, 0.2) is 46.9 Å². The van der Waals surface area contributed by atoms with Crippen LogP contribution in [0.4, 0.5) is 11.4 Å². The molecule has 0 aliphatic carbocycles. The quantitative estimate of drug-likeness (QED) is 0.861. The molecule has 1 amide bonds. The highest BCUT2D eigenvalue weighted by molar-refractivity contribution is 9.10. The third-order valence-electron chi connectivity index (χ3n) is 2.65. The molecule has 0 aliphatic heterocycles. The molecule has 2 N–H and O–H groups in total. The van der Waals surface area contributed by atoms with E-state index >= 15 is 0 Å². The van der Waals surface area contributed by atoms with Gasteiger partial charge in [-0.2, -0.15) is 5.26 Å². The number of hydrogen-bond acceptors (Lipinski definition) is 3. The molecule has 0 fully saturated rings. The molecular weight excluding hydrogens is 354 g/mol. The van der Waals surface area contributed by atoms with Crippen LogP contribution in [0.25, 0.3) is 0 Å². The lowest BCUT2D eigenvalue weighted by Gasteiger charge is -2.09. The molecule has 0 radical (unpaired) electrons. The van der Waals surface area contributed by atoms with Crippen molar-refractivity contribution >= 4 is 44.8 Å². The van der Waals surface area contributed by atoms with Crippen LogP contribution in [-0.4, -0.2) is 12.5 Å². The number of rotatable bonds is 4. The van der Waals surface area contributed by atoms with Crippen LogP contribution in [-0.2, 0) is 4.79 Å². The zero-order chi connectivity index (χ0) is 15.2. The average Bonchev–Trinajstić information content (AvgIpc) is 2.46. The number of amides is 1. The van der Waals surface area contributed by atoms with Crippen molar-refractivity contribution in [2.45, 2.75) is 0 Å². The predicted molar refractivity (Wildman–Crippen MR) is 87.4 cm³/mol. The molecular formula is C15H11BrClN3O. The molecule has 2 aromatic rings. The fourth-order valence-corrected chi connectivity index (χ4v) is 2.38. The number of halogens is 2. The number of carbonyl (C=O) groups excluding carboxylic acids is 1. The Morgan fingerprint density at radius 1 is 1.29 bits per heavy atom. The lowest BCUT2D eigenvalue weighted by atomic mass is 10.2.